The van der Waals surface area contributed by atoms with Crippen LogP contribution >= 0.6 is 11.6 Å². The van der Waals surface area contributed by atoms with Crippen LogP contribution in [0.2, 0.25) is 5.02 Å². The van der Waals surface area contributed by atoms with Crippen LogP contribution in [0.5, 0.6) is 0 Å². The highest BCUT2D eigenvalue weighted by Crippen LogP contribution is 2.24. The number of hydrogen-bond acceptors (Lipinski definition) is 6. The predicted octanol–water partition coefficient (Wildman–Crippen LogP) is 1.94. The third-order valence-corrected chi connectivity index (χ3v) is 8.73. The van der Waals surface area contributed by atoms with Crippen LogP contribution in [0.15, 0.2) is 41.3 Å². The van der Waals surface area contributed by atoms with Gasteiger partial charge in [-0.15, -0.1) is 0 Å². The molecule has 0 aliphatic carbocycles. The Morgan fingerprint density at radius 2 is 1.76 bits per heavy atom. The minimum absolute atomic E-state index is 0.0337. The third kappa shape index (κ3) is 7.41. The largest absolute Gasteiger partial charge is 0.338 e. The van der Waals surface area contributed by atoms with Gasteiger partial charge in [0.2, 0.25) is 31.9 Å². The maximum absolute atomic E-state index is 13.2. The fourth-order valence-electron chi connectivity index (χ4n) is 4.32. The second-order valence-electron chi connectivity index (χ2n) is 9.47. The summed E-state index contributed by atoms with van der Waals surface area (Å²) in [6.45, 7) is 6.04. The number of rotatable bonds is 11. The number of nitrogens with zero attached hydrogens (tertiary/aromatic N) is 2. The molecule has 2 N–H and O–H groups in total. The summed E-state index contributed by atoms with van der Waals surface area (Å²) < 4.78 is 53.5. The van der Waals surface area contributed by atoms with E-state index in [0.717, 1.165) is 11.6 Å². The third-order valence-electron chi connectivity index (χ3n) is 6.29. The number of amides is 2. The second kappa shape index (κ2) is 11.6. The number of carbonyl (C=O) groups excluding carboxylic acids is 2. The second-order valence-corrected chi connectivity index (χ2v) is 13.5. The van der Waals surface area contributed by atoms with Gasteiger partial charge >= 0.3 is 0 Å². The fourth-order valence-corrected chi connectivity index (χ4v) is 6.27. The van der Waals surface area contributed by atoms with E-state index in [4.69, 9.17) is 11.6 Å². The Morgan fingerprint density at radius 3 is 2.41 bits per heavy atom. The normalized spacial score (nSPS) is 17.5. The molecule has 2 aromatic rings. The maximum atomic E-state index is 13.2. The van der Waals surface area contributed by atoms with Crippen molar-refractivity contribution in [2.45, 2.75) is 56.6 Å². The first-order chi connectivity index (χ1) is 17.2. The first kappa shape index (κ1) is 29.3. The Bertz CT molecular complexity index is 1380. The van der Waals surface area contributed by atoms with E-state index in [1.54, 1.807) is 36.1 Å². The fraction of sp³-hybridized carbons (Fsp3) is 0.500. The van der Waals surface area contributed by atoms with Crippen molar-refractivity contribution in [3.05, 3.63) is 41.4 Å². The van der Waals surface area contributed by atoms with Crippen molar-refractivity contribution in [1.82, 2.24) is 19.2 Å². The van der Waals surface area contributed by atoms with E-state index in [1.165, 1.54) is 17.0 Å². The summed E-state index contributed by atoms with van der Waals surface area (Å²) in [6.07, 6.45) is 1.72. The van der Waals surface area contributed by atoms with Crippen LogP contribution in [0, 0.1) is 0 Å². The number of carbonyl (C=O) groups is 2. The summed E-state index contributed by atoms with van der Waals surface area (Å²) in [5, 5.41) is 2.04. The van der Waals surface area contributed by atoms with Gasteiger partial charge in [0.15, 0.2) is 0 Å². The van der Waals surface area contributed by atoms with Gasteiger partial charge in [0, 0.05) is 30.7 Å². The Morgan fingerprint density at radius 1 is 1.11 bits per heavy atom. The molecule has 0 spiro atoms. The smallest absolute Gasteiger partial charge is 0.245 e. The highest BCUT2D eigenvalue weighted by Gasteiger charge is 2.40. The highest BCUT2D eigenvalue weighted by atomic mass is 35.5. The van der Waals surface area contributed by atoms with Crippen molar-refractivity contribution in [3.63, 3.8) is 0 Å². The van der Waals surface area contributed by atoms with Crippen molar-refractivity contribution >= 4 is 54.2 Å². The van der Waals surface area contributed by atoms with Crippen LogP contribution in [-0.2, 0) is 29.6 Å². The molecular weight excluding hydrogens is 540 g/mol. The molecule has 0 radical (unpaired) electrons. The zero-order valence-corrected chi connectivity index (χ0v) is 23.7. The summed E-state index contributed by atoms with van der Waals surface area (Å²) in [5.41, 5.74) is 0. The molecular formula is C24H33ClN4O6S2. The van der Waals surface area contributed by atoms with Gasteiger partial charge in [-0.05, 0) is 68.7 Å². The van der Waals surface area contributed by atoms with Gasteiger partial charge in [0.1, 0.15) is 12.1 Å². The zero-order chi connectivity index (χ0) is 27.5. The van der Waals surface area contributed by atoms with Crippen molar-refractivity contribution in [1.29, 1.82) is 0 Å². The van der Waals surface area contributed by atoms with Crippen molar-refractivity contribution in [3.8, 4) is 0 Å². The monoisotopic (exact) mass is 572 g/mol. The van der Waals surface area contributed by atoms with Gasteiger partial charge in [0.05, 0.1) is 11.2 Å². The lowest BCUT2D eigenvalue weighted by atomic mass is 10.1. The van der Waals surface area contributed by atoms with Gasteiger partial charge in [-0.2, -0.15) is 4.72 Å². The molecule has 1 aliphatic rings. The van der Waals surface area contributed by atoms with Crippen LogP contribution < -0.4 is 9.44 Å². The molecule has 13 heteroatoms. The van der Waals surface area contributed by atoms with E-state index < -0.39 is 38.0 Å². The van der Waals surface area contributed by atoms with Gasteiger partial charge in [0.25, 0.3) is 0 Å². The first-order valence-corrected chi connectivity index (χ1v) is 15.7. The zero-order valence-electron chi connectivity index (χ0n) is 21.3. The summed E-state index contributed by atoms with van der Waals surface area (Å²) >= 11 is 6.00. The van der Waals surface area contributed by atoms with Crippen molar-refractivity contribution < 1.29 is 26.4 Å². The molecule has 1 aliphatic heterocycles. The van der Waals surface area contributed by atoms with Crippen LogP contribution in [-0.4, -0.2) is 82.5 Å². The van der Waals surface area contributed by atoms with E-state index in [1.807, 2.05) is 13.8 Å². The van der Waals surface area contributed by atoms with Crippen molar-refractivity contribution in [2.75, 3.05) is 25.9 Å². The number of likely N-dealkylation sites (tertiary alicyclic amines) is 1. The average Bonchev–Trinajstić information content (AvgIpc) is 3.16. The summed E-state index contributed by atoms with van der Waals surface area (Å²) in [7, 11) is -7.31. The Labute approximate surface area is 223 Å². The number of sulfonamides is 2. The standard InChI is InChI=1S/C24H33ClN4O6S2/c1-16(2)28(12-5-11-26-36(4,32)33)23(30)17(3)29-13-10-22(24(29)31)27-37(34,35)21-9-7-18-14-20(25)8-6-19(18)15-21/h6-9,14-17,22,26-27H,5,10-13H2,1-4H3/t17?,22-/m0/s1. The molecule has 2 aromatic carbocycles. The van der Waals surface area contributed by atoms with Crippen LogP contribution in [0.25, 0.3) is 10.8 Å². The Balaban J connectivity index is 1.66. The van der Waals surface area contributed by atoms with Crippen LogP contribution in [0.4, 0.5) is 0 Å². The lowest BCUT2D eigenvalue weighted by Gasteiger charge is -2.33. The molecule has 0 bridgehead atoms. The van der Waals surface area contributed by atoms with Crippen LogP contribution in [0.3, 0.4) is 0 Å². The topological polar surface area (TPSA) is 133 Å². The molecule has 1 saturated heterocycles. The van der Waals surface area contributed by atoms with E-state index >= 15 is 0 Å². The van der Waals surface area contributed by atoms with Gasteiger partial charge in [-0.25, -0.2) is 21.6 Å². The Kier molecular flexibility index (Phi) is 9.23. The minimum Gasteiger partial charge on any atom is -0.338 e. The molecule has 3 rings (SSSR count). The molecule has 1 fully saturated rings. The van der Waals surface area contributed by atoms with Crippen molar-refractivity contribution in [2.24, 2.45) is 0 Å². The molecule has 2 atom stereocenters. The van der Waals surface area contributed by atoms with Crippen LogP contribution in [0.1, 0.15) is 33.6 Å². The maximum Gasteiger partial charge on any atom is 0.245 e. The lowest BCUT2D eigenvalue weighted by molar-refractivity contribution is -0.144. The van der Waals surface area contributed by atoms with E-state index in [2.05, 4.69) is 9.44 Å². The summed E-state index contributed by atoms with van der Waals surface area (Å²) in [5.74, 6) is -0.737. The predicted molar refractivity (Wildman–Crippen MR) is 143 cm³/mol. The molecule has 1 unspecified atom stereocenters. The Hall–Kier alpha value is -2.25. The first-order valence-electron chi connectivity index (χ1n) is 12.0. The lowest BCUT2D eigenvalue weighted by Crippen LogP contribution is -2.52. The minimum atomic E-state index is -3.99. The summed E-state index contributed by atoms with van der Waals surface area (Å²) in [6, 6.07) is 7.84. The summed E-state index contributed by atoms with van der Waals surface area (Å²) in [4.78, 5) is 29.3. The number of fused-ring (bicyclic) bond motifs is 1. The molecule has 2 amide bonds. The molecule has 10 nitrogen and oxygen atoms in total. The molecule has 0 saturated carbocycles. The number of halogens is 1. The van der Waals surface area contributed by atoms with Gasteiger partial charge in [-0.3, -0.25) is 9.59 Å². The number of benzene rings is 2. The van der Waals surface area contributed by atoms with E-state index in [9.17, 15) is 26.4 Å². The molecule has 204 valence electrons. The SMILES string of the molecule is CC(C)N(CCCNS(C)(=O)=O)C(=O)C(C)N1CC[C@H](NS(=O)(=O)c2ccc3cc(Cl)ccc3c2)C1=O. The van der Waals surface area contributed by atoms with Gasteiger partial charge in [-0.1, -0.05) is 23.7 Å². The number of nitrogens with one attached hydrogen (secondary N) is 2. The molecule has 37 heavy (non-hydrogen) atoms. The average molecular weight is 573 g/mol. The quantitative estimate of drug-likeness (QED) is 0.395. The highest BCUT2D eigenvalue weighted by molar-refractivity contribution is 7.89. The van der Waals surface area contributed by atoms with Gasteiger partial charge < -0.3 is 9.80 Å². The molecule has 0 aromatic heterocycles. The molecule has 1 heterocycles. The van der Waals surface area contributed by atoms with E-state index in [0.29, 0.717) is 23.4 Å². The number of hydrogen-bond donors (Lipinski definition) is 2. The van der Waals surface area contributed by atoms with E-state index in [-0.39, 0.29) is 36.4 Å².